The van der Waals surface area contributed by atoms with Gasteiger partial charge in [-0.15, -0.1) is 0 Å². The van der Waals surface area contributed by atoms with E-state index in [0.29, 0.717) is 31.9 Å². The molecule has 1 fully saturated rings. The van der Waals surface area contributed by atoms with Crippen LogP contribution in [0.1, 0.15) is 5.56 Å². The third-order valence-corrected chi connectivity index (χ3v) is 3.54. The van der Waals surface area contributed by atoms with E-state index in [-0.39, 0.29) is 11.8 Å². The predicted octanol–water partition coefficient (Wildman–Crippen LogP) is 2.84. The van der Waals surface area contributed by atoms with Crippen molar-refractivity contribution in [3.8, 4) is 11.8 Å². The Hall–Kier alpha value is -2.42. The zero-order chi connectivity index (χ0) is 17.2. The van der Waals surface area contributed by atoms with Gasteiger partial charge in [-0.05, 0) is 18.2 Å². The Balaban J connectivity index is 1.96. The maximum atomic E-state index is 13.0. The minimum absolute atomic E-state index is 0.0154. The molecule has 2 aromatic rings. The van der Waals surface area contributed by atoms with Crippen molar-refractivity contribution in [3.05, 3.63) is 42.0 Å². The van der Waals surface area contributed by atoms with Crippen molar-refractivity contribution in [3.63, 3.8) is 0 Å². The highest BCUT2D eigenvalue weighted by Crippen LogP contribution is 2.38. The Bertz CT molecular complexity index is 700. The van der Waals surface area contributed by atoms with Gasteiger partial charge in [0.1, 0.15) is 0 Å². The Kier molecular flexibility index (Phi) is 4.52. The minimum Gasteiger partial charge on any atom is -0.422 e. The summed E-state index contributed by atoms with van der Waals surface area (Å²) in [6.45, 7) is 2.69. The molecular weight excluding hydrogens is 328 g/mol. The zero-order valence-electron chi connectivity index (χ0n) is 12.5. The number of alkyl halides is 3. The summed E-state index contributed by atoms with van der Waals surface area (Å²) in [7, 11) is 0. The summed E-state index contributed by atoms with van der Waals surface area (Å²) in [4.78, 5) is 9.17. The van der Waals surface area contributed by atoms with Gasteiger partial charge in [-0.1, -0.05) is 0 Å². The molecule has 9 heteroatoms. The molecule has 3 rings (SSSR count). The fourth-order valence-electron chi connectivity index (χ4n) is 2.39. The van der Waals surface area contributed by atoms with Crippen molar-refractivity contribution in [2.75, 3.05) is 31.1 Å². The van der Waals surface area contributed by atoms with Crippen molar-refractivity contribution in [1.82, 2.24) is 15.3 Å². The maximum absolute atomic E-state index is 13.0. The van der Waals surface area contributed by atoms with Gasteiger partial charge in [0.05, 0.1) is 23.6 Å². The quantitative estimate of drug-likeness (QED) is 0.870. The third-order valence-electron chi connectivity index (χ3n) is 3.54. The van der Waals surface area contributed by atoms with Crippen LogP contribution in [-0.2, 0) is 6.18 Å². The molecule has 2 heterocycles. The number of piperazine rings is 1. The molecule has 0 amide bonds. The van der Waals surface area contributed by atoms with Gasteiger partial charge in [0.25, 0.3) is 0 Å². The van der Waals surface area contributed by atoms with Gasteiger partial charge >= 0.3 is 12.2 Å². The molecular formula is C15H14F4N4O. The van der Waals surface area contributed by atoms with Crippen LogP contribution in [0.2, 0.25) is 0 Å². The largest absolute Gasteiger partial charge is 0.422 e. The fourth-order valence-corrected chi connectivity index (χ4v) is 2.39. The van der Waals surface area contributed by atoms with Crippen LogP contribution >= 0.6 is 0 Å². The van der Waals surface area contributed by atoms with E-state index in [0.717, 1.165) is 24.5 Å². The van der Waals surface area contributed by atoms with Crippen LogP contribution < -0.4 is 15.0 Å². The molecule has 0 unspecified atom stereocenters. The normalized spacial score (nSPS) is 15.4. The van der Waals surface area contributed by atoms with Gasteiger partial charge in [-0.25, -0.2) is 14.4 Å². The molecule has 5 nitrogen and oxygen atoms in total. The average molecular weight is 342 g/mol. The Morgan fingerprint density at radius 2 is 1.75 bits per heavy atom. The van der Waals surface area contributed by atoms with Gasteiger partial charge in [0.2, 0.25) is 0 Å². The SMILES string of the molecule is Fc1cnc(Oc2cc(C(F)(F)F)ccc2N2CCNCC2)nc1. The van der Waals surface area contributed by atoms with E-state index in [1.807, 2.05) is 4.90 Å². The van der Waals surface area contributed by atoms with E-state index in [1.165, 1.54) is 6.07 Å². The predicted molar refractivity (Wildman–Crippen MR) is 78.6 cm³/mol. The van der Waals surface area contributed by atoms with Gasteiger partial charge in [0, 0.05) is 26.2 Å². The number of anilines is 1. The topological polar surface area (TPSA) is 50.3 Å². The second kappa shape index (κ2) is 6.60. The van der Waals surface area contributed by atoms with Gasteiger partial charge < -0.3 is 15.0 Å². The molecule has 0 atom stereocenters. The first-order valence-corrected chi connectivity index (χ1v) is 7.26. The first-order valence-electron chi connectivity index (χ1n) is 7.26. The standard InChI is InChI=1S/C15H14F4N4O/c16-11-8-21-14(22-9-11)24-13-7-10(15(17,18)19)1-2-12(13)23-5-3-20-4-6-23/h1-2,7-9,20H,3-6H2. The van der Waals surface area contributed by atoms with Gasteiger partial charge in [-0.3, -0.25) is 0 Å². The van der Waals surface area contributed by atoms with Gasteiger partial charge in [-0.2, -0.15) is 13.2 Å². The number of benzene rings is 1. The Morgan fingerprint density at radius 1 is 1.08 bits per heavy atom. The number of ether oxygens (including phenoxy) is 1. The van der Waals surface area contributed by atoms with E-state index in [9.17, 15) is 17.6 Å². The van der Waals surface area contributed by atoms with E-state index in [4.69, 9.17) is 4.74 Å². The molecule has 24 heavy (non-hydrogen) atoms. The Morgan fingerprint density at radius 3 is 2.38 bits per heavy atom. The van der Waals surface area contributed by atoms with Gasteiger partial charge in [0.15, 0.2) is 11.6 Å². The lowest BCUT2D eigenvalue weighted by Gasteiger charge is -2.30. The minimum atomic E-state index is -4.50. The first-order chi connectivity index (χ1) is 11.4. The highest BCUT2D eigenvalue weighted by atomic mass is 19.4. The molecule has 128 valence electrons. The van der Waals surface area contributed by atoms with Crippen molar-refractivity contribution >= 4 is 5.69 Å². The first kappa shape index (κ1) is 16.4. The average Bonchev–Trinajstić information content (AvgIpc) is 2.57. The number of hydrogen-bond donors (Lipinski definition) is 1. The molecule has 0 radical (unpaired) electrons. The summed E-state index contributed by atoms with van der Waals surface area (Å²) in [5.41, 5.74) is -0.323. The second-order valence-electron chi connectivity index (χ2n) is 5.20. The molecule has 0 aliphatic carbocycles. The van der Waals surface area contributed by atoms with Crippen LogP contribution in [0.5, 0.6) is 11.8 Å². The molecule has 1 aliphatic heterocycles. The van der Waals surface area contributed by atoms with Crippen LogP contribution in [-0.4, -0.2) is 36.1 Å². The van der Waals surface area contributed by atoms with Crippen molar-refractivity contribution in [1.29, 1.82) is 0 Å². The lowest BCUT2D eigenvalue weighted by atomic mass is 10.1. The van der Waals surface area contributed by atoms with Crippen LogP contribution in [0, 0.1) is 5.82 Å². The molecule has 1 N–H and O–H groups in total. The summed E-state index contributed by atoms with van der Waals surface area (Å²) in [5.74, 6) is -0.674. The summed E-state index contributed by atoms with van der Waals surface area (Å²) < 4.78 is 57.2. The molecule has 0 bridgehead atoms. The van der Waals surface area contributed by atoms with E-state index in [2.05, 4.69) is 15.3 Å². The van der Waals surface area contributed by atoms with Crippen LogP contribution in [0.25, 0.3) is 0 Å². The Labute approximate surface area is 135 Å². The lowest BCUT2D eigenvalue weighted by Crippen LogP contribution is -2.43. The van der Waals surface area contributed by atoms with Crippen LogP contribution in [0.3, 0.4) is 0 Å². The highest BCUT2D eigenvalue weighted by molar-refractivity contribution is 5.61. The summed E-state index contributed by atoms with van der Waals surface area (Å²) in [6.07, 6.45) is -2.72. The number of hydrogen-bond acceptors (Lipinski definition) is 5. The summed E-state index contributed by atoms with van der Waals surface area (Å²) in [6, 6.07) is 3.07. The van der Waals surface area contributed by atoms with Crippen molar-refractivity contribution < 1.29 is 22.3 Å². The molecule has 0 saturated carbocycles. The monoisotopic (exact) mass is 342 g/mol. The smallest absolute Gasteiger partial charge is 0.416 e. The second-order valence-corrected chi connectivity index (χ2v) is 5.20. The molecule has 1 aromatic heterocycles. The van der Waals surface area contributed by atoms with E-state index < -0.39 is 17.6 Å². The third kappa shape index (κ3) is 3.73. The zero-order valence-corrected chi connectivity index (χ0v) is 12.5. The van der Waals surface area contributed by atoms with Crippen molar-refractivity contribution in [2.24, 2.45) is 0 Å². The number of aromatic nitrogens is 2. The number of halogens is 4. The lowest BCUT2D eigenvalue weighted by molar-refractivity contribution is -0.137. The van der Waals surface area contributed by atoms with Crippen LogP contribution in [0.15, 0.2) is 30.6 Å². The molecule has 1 aliphatic rings. The van der Waals surface area contributed by atoms with E-state index >= 15 is 0 Å². The number of nitrogens with one attached hydrogen (secondary N) is 1. The fraction of sp³-hybridized carbons (Fsp3) is 0.333. The highest BCUT2D eigenvalue weighted by Gasteiger charge is 2.32. The molecule has 0 spiro atoms. The number of nitrogens with zero attached hydrogens (tertiary/aromatic N) is 3. The summed E-state index contributed by atoms with van der Waals surface area (Å²) >= 11 is 0. The maximum Gasteiger partial charge on any atom is 0.416 e. The van der Waals surface area contributed by atoms with Crippen molar-refractivity contribution in [2.45, 2.75) is 6.18 Å². The van der Waals surface area contributed by atoms with Crippen LogP contribution in [0.4, 0.5) is 23.2 Å². The summed E-state index contributed by atoms with van der Waals surface area (Å²) in [5, 5.41) is 3.17. The molecule has 1 saturated heterocycles. The molecule has 1 aromatic carbocycles. The van der Waals surface area contributed by atoms with E-state index in [1.54, 1.807) is 0 Å². The number of rotatable bonds is 3.